The topological polar surface area (TPSA) is 20.2 Å². The van der Waals surface area contributed by atoms with E-state index < -0.39 is 0 Å². The van der Waals surface area contributed by atoms with Crippen LogP contribution in [0.3, 0.4) is 0 Å². The molecule has 0 spiro atoms. The van der Waals surface area contributed by atoms with E-state index in [4.69, 9.17) is 4.55 Å². The minimum atomic E-state index is 0.786. The SMILES string of the molecule is CC(C)=CCC/C(C)=C/SO. The van der Waals surface area contributed by atoms with Crippen LogP contribution >= 0.6 is 12.0 Å². The zero-order valence-corrected chi connectivity index (χ0v) is 8.24. The number of rotatable bonds is 4. The predicted molar refractivity (Wildman–Crippen MR) is 52.6 cm³/mol. The molecular formula is C9H16OS. The lowest BCUT2D eigenvalue weighted by Crippen LogP contribution is -1.75. The Bertz CT molecular complexity index is 155. The van der Waals surface area contributed by atoms with Gasteiger partial charge in [0.05, 0.1) is 0 Å². The lowest BCUT2D eigenvalue weighted by molar-refractivity contribution is 0.671. The molecule has 0 heterocycles. The molecule has 0 aromatic rings. The molecule has 0 unspecified atom stereocenters. The highest BCUT2D eigenvalue weighted by Crippen LogP contribution is 2.09. The fourth-order valence-corrected chi connectivity index (χ4v) is 1.04. The van der Waals surface area contributed by atoms with E-state index in [0.717, 1.165) is 24.9 Å². The molecule has 64 valence electrons. The summed E-state index contributed by atoms with van der Waals surface area (Å²) >= 11 is 0.786. The van der Waals surface area contributed by atoms with Crippen molar-refractivity contribution < 1.29 is 4.55 Å². The van der Waals surface area contributed by atoms with Crippen molar-refractivity contribution in [2.45, 2.75) is 33.6 Å². The Kier molecular flexibility index (Phi) is 6.37. The van der Waals surface area contributed by atoms with Crippen LogP contribution in [0.4, 0.5) is 0 Å². The van der Waals surface area contributed by atoms with Gasteiger partial charge in [-0.05, 0) is 39.0 Å². The first-order chi connectivity index (χ1) is 5.16. The summed E-state index contributed by atoms with van der Waals surface area (Å²) in [4.78, 5) is 0. The van der Waals surface area contributed by atoms with Crippen molar-refractivity contribution in [1.82, 2.24) is 0 Å². The molecule has 0 aromatic carbocycles. The number of allylic oxidation sites excluding steroid dienone is 3. The minimum Gasteiger partial charge on any atom is -0.326 e. The maximum atomic E-state index is 8.47. The molecule has 0 atom stereocenters. The maximum Gasteiger partial charge on any atom is 0.0162 e. The van der Waals surface area contributed by atoms with E-state index >= 15 is 0 Å². The molecule has 0 aliphatic rings. The Morgan fingerprint density at radius 3 is 2.45 bits per heavy atom. The summed E-state index contributed by atoms with van der Waals surface area (Å²) in [5, 5.41) is 1.78. The molecule has 0 amide bonds. The van der Waals surface area contributed by atoms with E-state index in [1.807, 2.05) is 6.92 Å². The Labute approximate surface area is 73.4 Å². The third-order valence-corrected chi connectivity index (χ3v) is 1.85. The summed E-state index contributed by atoms with van der Waals surface area (Å²) < 4.78 is 8.47. The number of hydrogen-bond donors (Lipinski definition) is 1. The van der Waals surface area contributed by atoms with Gasteiger partial charge < -0.3 is 4.55 Å². The smallest absolute Gasteiger partial charge is 0.0162 e. The second-order valence-corrected chi connectivity index (χ2v) is 3.34. The van der Waals surface area contributed by atoms with Gasteiger partial charge in [0.1, 0.15) is 0 Å². The predicted octanol–water partition coefficient (Wildman–Crippen LogP) is 3.84. The number of hydrogen-bond acceptors (Lipinski definition) is 2. The molecule has 0 saturated carbocycles. The zero-order valence-electron chi connectivity index (χ0n) is 7.42. The van der Waals surface area contributed by atoms with E-state index in [2.05, 4.69) is 19.9 Å². The third-order valence-electron chi connectivity index (χ3n) is 1.35. The lowest BCUT2D eigenvalue weighted by atomic mass is 10.1. The molecule has 0 aliphatic heterocycles. The van der Waals surface area contributed by atoms with E-state index in [9.17, 15) is 0 Å². The lowest BCUT2D eigenvalue weighted by Gasteiger charge is -1.95. The Balaban J connectivity index is 3.54. The van der Waals surface area contributed by atoms with Crippen LogP contribution in [0.1, 0.15) is 33.6 Å². The Morgan fingerprint density at radius 1 is 1.36 bits per heavy atom. The molecule has 0 aromatic heterocycles. The Hall–Kier alpha value is -0.210. The van der Waals surface area contributed by atoms with Crippen LogP contribution in [0.5, 0.6) is 0 Å². The fraction of sp³-hybridized carbons (Fsp3) is 0.556. The fourth-order valence-electron chi connectivity index (χ4n) is 0.737. The van der Waals surface area contributed by atoms with Crippen LogP contribution in [-0.4, -0.2) is 4.55 Å². The second kappa shape index (κ2) is 6.50. The van der Waals surface area contributed by atoms with Crippen molar-refractivity contribution in [3.63, 3.8) is 0 Å². The molecule has 0 bridgehead atoms. The van der Waals surface area contributed by atoms with Gasteiger partial charge in [-0.2, -0.15) is 0 Å². The van der Waals surface area contributed by atoms with Crippen molar-refractivity contribution in [2.75, 3.05) is 0 Å². The van der Waals surface area contributed by atoms with Gasteiger partial charge in [0.25, 0.3) is 0 Å². The van der Waals surface area contributed by atoms with Crippen molar-refractivity contribution in [1.29, 1.82) is 0 Å². The van der Waals surface area contributed by atoms with Crippen molar-refractivity contribution >= 4 is 12.0 Å². The van der Waals surface area contributed by atoms with E-state index in [-0.39, 0.29) is 0 Å². The molecular weight excluding hydrogens is 156 g/mol. The van der Waals surface area contributed by atoms with Gasteiger partial charge in [0.15, 0.2) is 0 Å². The average Bonchev–Trinajstić information content (AvgIpc) is 1.87. The summed E-state index contributed by atoms with van der Waals surface area (Å²) in [6.45, 7) is 6.22. The molecule has 0 radical (unpaired) electrons. The highest BCUT2D eigenvalue weighted by atomic mass is 32.2. The third kappa shape index (κ3) is 7.69. The first kappa shape index (κ1) is 10.8. The first-order valence-electron chi connectivity index (χ1n) is 3.76. The normalized spacial score (nSPS) is 11.5. The van der Waals surface area contributed by atoms with Crippen LogP contribution in [-0.2, 0) is 0 Å². The summed E-state index contributed by atoms with van der Waals surface area (Å²) in [5.41, 5.74) is 2.59. The first-order valence-corrected chi connectivity index (χ1v) is 4.59. The molecule has 11 heavy (non-hydrogen) atoms. The molecule has 0 aliphatic carbocycles. The maximum absolute atomic E-state index is 8.47. The Morgan fingerprint density at radius 2 is 2.00 bits per heavy atom. The van der Waals surface area contributed by atoms with Gasteiger partial charge in [-0.25, -0.2) is 0 Å². The summed E-state index contributed by atoms with van der Waals surface area (Å²) in [6, 6.07) is 0. The van der Waals surface area contributed by atoms with Gasteiger partial charge in [0.2, 0.25) is 0 Å². The van der Waals surface area contributed by atoms with E-state index in [0.29, 0.717) is 0 Å². The van der Waals surface area contributed by atoms with Gasteiger partial charge in [-0.15, -0.1) is 0 Å². The molecule has 1 N–H and O–H groups in total. The monoisotopic (exact) mass is 172 g/mol. The van der Waals surface area contributed by atoms with Crippen molar-refractivity contribution in [3.05, 3.63) is 22.6 Å². The molecule has 0 saturated heterocycles. The highest BCUT2D eigenvalue weighted by Gasteiger charge is 1.87. The summed E-state index contributed by atoms with van der Waals surface area (Å²) in [5.74, 6) is 0. The van der Waals surface area contributed by atoms with Crippen LogP contribution in [0.25, 0.3) is 0 Å². The van der Waals surface area contributed by atoms with Gasteiger partial charge >= 0.3 is 0 Å². The van der Waals surface area contributed by atoms with Crippen molar-refractivity contribution in [2.24, 2.45) is 0 Å². The molecule has 0 fully saturated rings. The van der Waals surface area contributed by atoms with Crippen LogP contribution < -0.4 is 0 Å². The van der Waals surface area contributed by atoms with E-state index in [1.54, 1.807) is 5.41 Å². The quantitative estimate of drug-likeness (QED) is 0.513. The van der Waals surface area contributed by atoms with Gasteiger partial charge in [0, 0.05) is 12.0 Å². The van der Waals surface area contributed by atoms with E-state index in [1.165, 1.54) is 11.1 Å². The summed E-state index contributed by atoms with van der Waals surface area (Å²) in [6.07, 6.45) is 4.32. The van der Waals surface area contributed by atoms with Crippen molar-refractivity contribution in [3.8, 4) is 0 Å². The van der Waals surface area contributed by atoms with Crippen LogP contribution in [0.2, 0.25) is 0 Å². The largest absolute Gasteiger partial charge is 0.326 e. The molecule has 2 heteroatoms. The van der Waals surface area contributed by atoms with Gasteiger partial charge in [-0.1, -0.05) is 17.2 Å². The molecule has 1 nitrogen and oxygen atoms in total. The minimum absolute atomic E-state index is 0.786. The average molecular weight is 172 g/mol. The zero-order chi connectivity index (χ0) is 8.69. The van der Waals surface area contributed by atoms with Gasteiger partial charge in [-0.3, -0.25) is 0 Å². The van der Waals surface area contributed by atoms with Crippen LogP contribution in [0, 0.1) is 0 Å². The highest BCUT2D eigenvalue weighted by molar-refractivity contribution is 7.96. The molecule has 0 rings (SSSR count). The standard InChI is InChI=1S/C9H16OS/c1-8(2)5-4-6-9(3)7-11-10/h5,7,10H,4,6H2,1-3H3/b9-7+. The summed E-state index contributed by atoms with van der Waals surface area (Å²) in [7, 11) is 0. The second-order valence-electron chi connectivity index (χ2n) is 2.89. The van der Waals surface area contributed by atoms with Crippen LogP contribution in [0.15, 0.2) is 22.6 Å².